The fourth-order valence-corrected chi connectivity index (χ4v) is 2.04. The Hall–Kier alpha value is -1.42. The number of hydrogen-bond acceptors (Lipinski definition) is 3. The maximum atomic E-state index is 10.4. The van der Waals surface area contributed by atoms with Crippen molar-refractivity contribution in [3.8, 4) is 0 Å². The van der Waals surface area contributed by atoms with Gasteiger partial charge < -0.3 is 0 Å². The molecule has 4 heteroatoms. The molecule has 0 spiro atoms. The van der Waals surface area contributed by atoms with Crippen molar-refractivity contribution in [3.63, 3.8) is 0 Å². The van der Waals surface area contributed by atoms with E-state index in [4.69, 9.17) is 0 Å². The summed E-state index contributed by atoms with van der Waals surface area (Å²) in [5.41, 5.74) is 1.33. The van der Waals surface area contributed by atoms with Crippen LogP contribution >= 0.6 is 0 Å². The predicted octanol–water partition coefficient (Wildman–Crippen LogP) is 1.88. The number of nitrogens with zero attached hydrogens (tertiary/aromatic N) is 3. The van der Waals surface area contributed by atoms with Crippen molar-refractivity contribution >= 4 is 0 Å². The molecule has 16 heavy (non-hydrogen) atoms. The fraction of sp³-hybridized carbons (Fsp3) is 0.500. The van der Waals surface area contributed by atoms with Crippen molar-refractivity contribution in [3.05, 3.63) is 40.8 Å². The van der Waals surface area contributed by atoms with E-state index in [9.17, 15) is 4.91 Å². The smallest absolute Gasteiger partial charge is 0.0524 e. The summed E-state index contributed by atoms with van der Waals surface area (Å²) in [5, 5.41) is 4.62. The van der Waals surface area contributed by atoms with E-state index in [1.54, 1.807) is 5.01 Å². The summed E-state index contributed by atoms with van der Waals surface area (Å²) < 4.78 is 0. The maximum Gasteiger partial charge on any atom is 0.0524 e. The van der Waals surface area contributed by atoms with Crippen LogP contribution < -0.4 is 0 Å². The molecule has 86 valence electrons. The highest BCUT2D eigenvalue weighted by Crippen LogP contribution is 2.08. The highest BCUT2D eigenvalue weighted by molar-refractivity contribution is 5.14. The normalized spacial score (nSPS) is 18.1. The molecule has 1 aromatic carbocycles. The molecule has 4 nitrogen and oxygen atoms in total. The average molecular weight is 219 g/mol. The standard InChI is InChI=1S/C12H17N3O/c16-13-15-8-4-7-14(9-10-15)11-12-5-2-1-3-6-12/h1-3,5-6H,4,7-11H2. The van der Waals surface area contributed by atoms with E-state index < -0.39 is 0 Å². The van der Waals surface area contributed by atoms with Crippen LogP contribution in [-0.4, -0.2) is 36.1 Å². The van der Waals surface area contributed by atoms with Gasteiger partial charge in [-0.25, -0.2) is 0 Å². The van der Waals surface area contributed by atoms with E-state index in [-0.39, 0.29) is 0 Å². The second-order valence-electron chi connectivity index (χ2n) is 4.15. The second-order valence-corrected chi connectivity index (χ2v) is 4.15. The van der Waals surface area contributed by atoms with Crippen LogP contribution in [-0.2, 0) is 6.54 Å². The van der Waals surface area contributed by atoms with Crippen LogP contribution in [0.5, 0.6) is 0 Å². The van der Waals surface area contributed by atoms with Crippen LogP contribution in [0, 0.1) is 4.91 Å². The molecule has 0 aromatic heterocycles. The molecule has 0 unspecified atom stereocenters. The molecule has 1 heterocycles. The van der Waals surface area contributed by atoms with E-state index in [1.807, 2.05) is 6.07 Å². The molecule has 0 atom stereocenters. The number of benzene rings is 1. The number of hydrogen-bond donors (Lipinski definition) is 0. The van der Waals surface area contributed by atoms with Crippen LogP contribution in [0.1, 0.15) is 12.0 Å². The third kappa shape index (κ3) is 3.03. The summed E-state index contributed by atoms with van der Waals surface area (Å²) in [6.07, 6.45) is 1.01. The second kappa shape index (κ2) is 5.61. The lowest BCUT2D eigenvalue weighted by Gasteiger charge is -2.19. The summed E-state index contributed by atoms with van der Waals surface area (Å²) in [7, 11) is 0. The third-order valence-electron chi connectivity index (χ3n) is 2.93. The molecule has 1 fully saturated rings. The Kier molecular flexibility index (Phi) is 3.88. The number of rotatable bonds is 3. The van der Waals surface area contributed by atoms with Crippen LogP contribution in [0.15, 0.2) is 35.6 Å². The quantitative estimate of drug-likeness (QED) is 0.728. The van der Waals surface area contributed by atoms with Crippen molar-refractivity contribution in [1.82, 2.24) is 9.91 Å². The summed E-state index contributed by atoms with van der Waals surface area (Å²) in [6, 6.07) is 10.4. The Morgan fingerprint density at radius 2 is 1.88 bits per heavy atom. The van der Waals surface area contributed by atoms with E-state index >= 15 is 0 Å². The van der Waals surface area contributed by atoms with Crippen molar-refractivity contribution in [1.29, 1.82) is 0 Å². The molecule has 2 rings (SSSR count). The molecule has 1 aromatic rings. The lowest BCUT2D eigenvalue weighted by atomic mass is 10.2. The van der Waals surface area contributed by atoms with Gasteiger partial charge in [0, 0.05) is 26.2 Å². The highest BCUT2D eigenvalue weighted by Gasteiger charge is 2.13. The van der Waals surface area contributed by atoms with Gasteiger partial charge in [-0.1, -0.05) is 30.3 Å². The minimum absolute atomic E-state index is 0.746. The average Bonchev–Trinajstić information content (AvgIpc) is 2.56. The first-order valence-corrected chi connectivity index (χ1v) is 5.73. The molecule has 0 saturated carbocycles. The Bertz CT molecular complexity index is 328. The van der Waals surface area contributed by atoms with Crippen LogP contribution in [0.4, 0.5) is 0 Å². The molecule has 1 aliphatic rings. The molecule has 0 amide bonds. The predicted molar refractivity (Wildman–Crippen MR) is 63.7 cm³/mol. The molecular weight excluding hydrogens is 202 g/mol. The lowest BCUT2D eigenvalue weighted by Crippen LogP contribution is -2.28. The van der Waals surface area contributed by atoms with Gasteiger partial charge in [0.2, 0.25) is 0 Å². The third-order valence-corrected chi connectivity index (χ3v) is 2.93. The summed E-state index contributed by atoms with van der Waals surface area (Å²) in [5.74, 6) is 0. The highest BCUT2D eigenvalue weighted by atomic mass is 16.3. The van der Waals surface area contributed by atoms with Gasteiger partial charge in [-0.3, -0.25) is 9.91 Å². The van der Waals surface area contributed by atoms with Gasteiger partial charge >= 0.3 is 0 Å². The summed E-state index contributed by atoms with van der Waals surface area (Å²) >= 11 is 0. The summed E-state index contributed by atoms with van der Waals surface area (Å²) in [6.45, 7) is 4.46. The minimum atomic E-state index is 0.746. The van der Waals surface area contributed by atoms with Gasteiger partial charge in [0.05, 0.1) is 11.8 Å². The Labute approximate surface area is 95.8 Å². The van der Waals surface area contributed by atoms with E-state index in [0.29, 0.717) is 0 Å². The monoisotopic (exact) mass is 219 g/mol. The Morgan fingerprint density at radius 1 is 1.06 bits per heavy atom. The van der Waals surface area contributed by atoms with E-state index in [2.05, 4.69) is 34.5 Å². The molecule has 0 N–H and O–H groups in total. The molecule has 1 saturated heterocycles. The first-order valence-electron chi connectivity index (χ1n) is 5.73. The van der Waals surface area contributed by atoms with Crippen molar-refractivity contribution in [2.45, 2.75) is 13.0 Å². The first kappa shape index (κ1) is 11.1. The van der Waals surface area contributed by atoms with Gasteiger partial charge in [-0.2, -0.15) is 0 Å². The summed E-state index contributed by atoms with van der Waals surface area (Å²) in [4.78, 5) is 12.8. The zero-order chi connectivity index (χ0) is 11.2. The zero-order valence-electron chi connectivity index (χ0n) is 9.38. The zero-order valence-corrected chi connectivity index (χ0v) is 9.38. The Morgan fingerprint density at radius 3 is 2.62 bits per heavy atom. The Balaban J connectivity index is 1.89. The largest absolute Gasteiger partial charge is 0.297 e. The van der Waals surface area contributed by atoms with Crippen LogP contribution in [0.3, 0.4) is 0 Å². The van der Waals surface area contributed by atoms with Gasteiger partial charge in [0.1, 0.15) is 0 Å². The van der Waals surface area contributed by atoms with Gasteiger partial charge in [-0.15, -0.1) is 4.91 Å². The molecule has 0 bridgehead atoms. The van der Waals surface area contributed by atoms with E-state index in [0.717, 1.165) is 39.1 Å². The van der Waals surface area contributed by atoms with E-state index in [1.165, 1.54) is 5.56 Å². The SMILES string of the molecule is O=NN1CCCN(Cc2ccccc2)CC1. The van der Waals surface area contributed by atoms with Crippen molar-refractivity contribution < 1.29 is 0 Å². The van der Waals surface area contributed by atoms with Gasteiger partial charge in [0.25, 0.3) is 0 Å². The van der Waals surface area contributed by atoms with Crippen LogP contribution in [0.2, 0.25) is 0 Å². The van der Waals surface area contributed by atoms with Gasteiger partial charge in [0.15, 0.2) is 0 Å². The molecule has 0 radical (unpaired) electrons. The number of nitroso groups, excluding NO2 is 1. The van der Waals surface area contributed by atoms with Gasteiger partial charge in [-0.05, 0) is 12.0 Å². The minimum Gasteiger partial charge on any atom is -0.297 e. The van der Waals surface area contributed by atoms with Crippen molar-refractivity contribution in [2.24, 2.45) is 5.29 Å². The maximum absolute atomic E-state index is 10.4. The lowest BCUT2D eigenvalue weighted by molar-refractivity contribution is 0.255. The molecular formula is C12H17N3O. The molecule has 0 aliphatic carbocycles. The first-order chi connectivity index (χ1) is 7.88. The molecule has 1 aliphatic heterocycles. The van der Waals surface area contributed by atoms with Crippen molar-refractivity contribution in [2.75, 3.05) is 26.2 Å². The van der Waals surface area contributed by atoms with Crippen LogP contribution in [0.25, 0.3) is 0 Å². The fourth-order valence-electron chi connectivity index (χ4n) is 2.04. The topological polar surface area (TPSA) is 35.9 Å².